The minimum absolute atomic E-state index is 0.605. The molecule has 0 aliphatic rings. The lowest BCUT2D eigenvalue weighted by Crippen LogP contribution is -2.16. The van der Waals surface area contributed by atoms with Crippen LogP contribution in [0.3, 0.4) is 0 Å². The first-order valence-electron chi connectivity index (χ1n) is 5.59. The molecule has 0 aliphatic carbocycles. The van der Waals surface area contributed by atoms with Crippen molar-refractivity contribution in [2.45, 2.75) is 26.3 Å². The predicted molar refractivity (Wildman–Crippen MR) is 70.1 cm³/mol. The summed E-state index contributed by atoms with van der Waals surface area (Å²) in [5.41, 5.74) is 1.10. The molecule has 0 saturated carbocycles. The highest BCUT2D eigenvalue weighted by atomic mass is 35.5. The summed E-state index contributed by atoms with van der Waals surface area (Å²) in [4.78, 5) is 3.95. The van der Waals surface area contributed by atoms with Gasteiger partial charge in [-0.15, -0.1) is 11.6 Å². The van der Waals surface area contributed by atoms with Crippen LogP contribution in [0, 0.1) is 5.92 Å². The average molecular weight is 261 g/mol. The highest BCUT2D eigenvalue weighted by Crippen LogP contribution is 2.12. The van der Waals surface area contributed by atoms with E-state index < -0.39 is 0 Å². The van der Waals surface area contributed by atoms with E-state index in [0.717, 1.165) is 36.0 Å². The Morgan fingerprint density at radius 3 is 3.00 bits per heavy atom. The lowest BCUT2D eigenvalue weighted by Gasteiger charge is -2.08. The zero-order valence-corrected chi connectivity index (χ0v) is 11.1. The van der Waals surface area contributed by atoms with Gasteiger partial charge in [-0.2, -0.15) is 0 Å². The van der Waals surface area contributed by atoms with Gasteiger partial charge >= 0.3 is 0 Å². The van der Waals surface area contributed by atoms with Crippen molar-refractivity contribution in [2.75, 3.05) is 12.4 Å². The summed E-state index contributed by atoms with van der Waals surface area (Å²) < 4.78 is 0. The fourth-order valence-corrected chi connectivity index (χ4v) is 1.76. The molecule has 4 heteroatoms. The molecule has 1 N–H and O–H groups in total. The first-order valence-corrected chi connectivity index (χ1v) is 6.50. The molecule has 1 aromatic heterocycles. The number of halogens is 2. The van der Waals surface area contributed by atoms with E-state index in [0.29, 0.717) is 5.92 Å². The number of nitrogens with zero attached hydrogens (tertiary/aromatic N) is 1. The highest BCUT2D eigenvalue weighted by molar-refractivity contribution is 6.31. The maximum atomic E-state index is 5.99. The third-order valence-corrected chi connectivity index (χ3v) is 3.35. The molecule has 1 heterocycles. The number of nitrogens with one attached hydrogen (secondary N) is 1. The van der Waals surface area contributed by atoms with E-state index in [-0.39, 0.29) is 0 Å². The van der Waals surface area contributed by atoms with E-state index in [9.17, 15) is 0 Å². The average Bonchev–Trinajstić information content (AvgIpc) is 2.30. The molecule has 1 atom stereocenters. The molecular weight excluding hydrogens is 243 g/mol. The second-order valence-corrected chi connectivity index (χ2v) is 4.76. The number of aromatic nitrogens is 1. The maximum absolute atomic E-state index is 5.99. The molecular formula is C12H18Cl2N2. The Bertz CT molecular complexity index is 305. The first kappa shape index (κ1) is 13.8. The Labute approximate surface area is 107 Å². The van der Waals surface area contributed by atoms with Crippen LogP contribution in [0.2, 0.25) is 5.02 Å². The lowest BCUT2D eigenvalue weighted by atomic mass is 10.1. The van der Waals surface area contributed by atoms with E-state index in [2.05, 4.69) is 17.2 Å². The van der Waals surface area contributed by atoms with Crippen molar-refractivity contribution in [2.24, 2.45) is 5.92 Å². The van der Waals surface area contributed by atoms with Crippen molar-refractivity contribution >= 4 is 23.2 Å². The Kier molecular flexibility index (Phi) is 6.78. The van der Waals surface area contributed by atoms with E-state index in [1.165, 1.54) is 6.42 Å². The Morgan fingerprint density at radius 2 is 2.31 bits per heavy atom. The summed E-state index contributed by atoms with van der Waals surface area (Å²) in [6.07, 6.45) is 5.75. The van der Waals surface area contributed by atoms with E-state index in [1.807, 2.05) is 6.07 Å². The number of alkyl halides is 1. The lowest BCUT2D eigenvalue weighted by molar-refractivity contribution is 0.531. The van der Waals surface area contributed by atoms with Crippen molar-refractivity contribution in [3.8, 4) is 0 Å². The molecule has 0 saturated heterocycles. The zero-order valence-electron chi connectivity index (χ0n) is 9.55. The van der Waals surface area contributed by atoms with Crippen LogP contribution in [0.5, 0.6) is 0 Å². The fourth-order valence-electron chi connectivity index (χ4n) is 1.42. The van der Waals surface area contributed by atoms with Gasteiger partial charge < -0.3 is 5.32 Å². The Morgan fingerprint density at radius 1 is 1.50 bits per heavy atom. The summed E-state index contributed by atoms with van der Waals surface area (Å²) in [6.45, 7) is 3.98. The van der Waals surface area contributed by atoms with Crippen LogP contribution in [0.4, 0.5) is 0 Å². The summed E-state index contributed by atoms with van der Waals surface area (Å²) in [7, 11) is 0. The Balaban J connectivity index is 2.14. The number of hydrogen-bond acceptors (Lipinski definition) is 2. The molecule has 90 valence electrons. The minimum atomic E-state index is 0.605. The standard InChI is InChI=1S/C12H18Cl2N2/c1-10(7-13)3-2-5-15-8-11-4-6-16-9-12(11)14/h4,6,9-10,15H,2-3,5,7-8H2,1H3. The molecule has 0 fully saturated rings. The molecule has 16 heavy (non-hydrogen) atoms. The molecule has 1 unspecified atom stereocenters. The molecule has 2 nitrogen and oxygen atoms in total. The zero-order chi connectivity index (χ0) is 11.8. The molecule has 1 rings (SSSR count). The van der Waals surface area contributed by atoms with Gasteiger partial charge in [0.15, 0.2) is 0 Å². The smallest absolute Gasteiger partial charge is 0.0634 e. The van der Waals surface area contributed by atoms with Gasteiger partial charge in [-0.05, 0) is 36.9 Å². The summed E-state index contributed by atoms with van der Waals surface area (Å²) in [5.74, 6) is 1.35. The number of hydrogen-bond donors (Lipinski definition) is 1. The van der Waals surface area contributed by atoms with Gasteiger partial charge in [-0.1, -0.05) is 18.5 Å². The van der Waals surface area contributed by atoms with Gasteiger partial charge in [-0.3, -0.25) is 4.98 Å². The molecule has 0 amide bonds. The molecule has 0 aromatic carbocycles. The quantitative estimate of drug-likeness (QED) is 0.600. The summed E-state index contributed by atoms with van der Waals surface area (Å²) >= 11 is 11.7. The third kappa shape index (κ3) is 5.15. The van der Waals surface area contributed by atoms with Crippen molar-refractivity contribution in [3.05, 3.63) is 29.0 Å². The second-order valence-electron chi connectivity index (χ2n) is 4.05. The van der Waals surface area contributed by atoms with Gasteiger partial charge in [0.1, 0.15) is 0 Å². The fraction of sp³-hybridized carbons (Fsp3) is 0.583. The molecule has 0 spiro atoms. The second kappa shape index (κ2) is 7.88. The monoisotopic (exact) mass is 260 g/mol. The first-order chi connectivity index (χ1) is 7.74. The van der Waals surface area contributed by atoms with Crippen molar-refractivity contribution in [1.82, 2.24) is 10.3 Å². The van der Waals surface area contributed by atoms with Gasteiger partial charge in [0.2, 0.25) is 0 Å². The molecule has 0 radical (unpaired) electrons. The normalized spacial score (nSPS) is 12.7. The number of pyridine rings is 1. The van der Waals surface area contributed by atoms with Crippen LogP contribution >= 0.6 is 23.2 Å². The van der Waals surface area contributed by atoms with Gasteiger partial charge in [0.05, 0.1) is 5.02 Å². The van der Waals surface area contributed by atoms with Crippen molar-refractivity contribution in [1.29, 1.82) is 0 Å². The largest absolute Gasteiger partial charge is 0.313 e. The van der Waals surface area contributed by atoms with Crippen molar-refractivity contribution in [3.63, 3.8) is 0 Å². The van der Waals surface area contributed by atoms with E-state index in [1.54, 1.807) is 12.4 Å². The summed E-state index contributed by atoms with van der Waals surface area (Å²) in [6, 6.07) is 1.94. The van der Waals surface area contributed by atoms with Crippen molar-refractivity contribution < 1.29 is 0 Å². The Hall–Kier alpha value is -0.310. The van der Waals surface area contributed by atoms with Gasteiger partial charge in [0, 0.05) is 24.8 Å². The van der Waals surface area contributed by atoms with Crippen LogP contribution in [0.1, 0.15) is 25.3 Å². The summed E-state index contributed by atoms with van der Waals surface area (Å²) in [5, 5.41) is 4.09. The van der Waals surface area contributed by atoms with E-state index >= 15 is 0 Å². The van der Waals surface area contributed by atoms with Crippen LogP contribution in [-0.2, 0) is 6.54 Å². The van der Waals surface area contributed by atoms with Crippen LogP contribution in [-0.4, -0.2) is 17.4 Å². The van der Waals surface area contributed by atoms with Gasteiger partial charge in [-0.25, -0.2) is 0 Å². The topological polar surface area (TPSA) is 24.9 Å². The molecule has 0 aliphatic heterocycles. The highest BCUT2D eigenvalue weighted by Gasteiger charge is 2.00. The molecule has 0 bridgehead atoms. The number of rotatable bonds is 7. The van der Waals surface area contributed by atoms with Crippen LogP contribution in [0.15, 0.2) is 18.5 Å². The predicted octanol–water partition coefficient (Wildman–Crippen LogP) is 3.48. The minimum Gasteiger partial charge on any atom is -0.313 e. The van der Waals surface area contributed by atoms with E-state index in [4.69, 9.17) is 23.2 Å². The SMILES string of the molecule is CC(CCl)CCCNCc1ccncc1Cl. The van der Waals surface area contributed by atoms with Crippen LogP contribution in [0.25, 0.3) is 0 Å². The maximum Gasteiger partial charge on any atom is 0.0634 e. The van der Waals surface area contributed by atoms with Crippen LogP contribution < -0.4 is 5.32 Å². The molecule has 1 aromatic rings. The van der Waals surface area contributed by atoms with Gasteiger partial charge in [0.25, 0.3) is 0 Å². The third-order valence-electron chi connectivity index (χ3n) is 2.49.